The molecular formula is C14H23N3O. The third-order valence-corrected chi connectivity index (χ3v) is 3.17. The number of amides is 1. The lowest BCUT2D eigenvalue weighted by atomic mass is 9.99. The molecule has 0 aromatic carbocycles. The topological polar surface area (TPSA) is 68.0 Å². The van der Waals surface area contributed by atoms with Crippen LogP contribution in [0.15, 0.2) is 18.3 Å². The van der Waals surface area contributed by atoms with Crippen LogP contribution >= 0.6 is 0 Å². The summed E-state index contributed by atoms with van der Waals surface area (Å²) in [7, 11) is 0. The molecule has 1 aromatic heterocycles. The number of nitrogens with zero attached hydrogens (tertiary/aromatic N) is 1. The molecule has 0 aliphatic rings. The number of rotatable bonds is 8. The minimum Gasteiger partial charge on any atom is -0.369 e. The second-order valence-electron chi connectivity index (χ2n) is 4.56. The summed E-state index contributed by atoms with van der Waals surface area (Å²) in [5.74, 6) is 0.778. The van der Waals surface area contributed by atoms with Crippen molar-refractivity contribution in [1.82, 2.24) is 4.98 Å². The van der Waals surface area contributed by atoms with Gasteiger partial charge >= 0.3 is 0 Å². The Hall–Kier alpha value is -1.58. The van der Waals surface area contributed by atoms with Crippen LogP contribution in [0.3, 0.4) is 0 Å². The van der Waals surface area contributed by atoms with Crippen molar-refractivity contribution < 1.29 is 4.79 Å². The standard InChI is InChI=1S/C14H23N3O/c1-3-5-7-11(4-2)10-17-14-12(13(15)18)8-6-9-16-14/h6,8-9,11H,3-5,7,10H2,1-2H3,(H2,15,18)(H,16,17). The Morgan fingerprint density at radius 1 is 1.50 bits per heavy atom. The van der Waals surface area contributed by atoms with Crippen LogP contribution in [0.4, 0.5) is 5.82 Å². The number of hydrogen-bond donors (Lipinski definition) is 2. The molecule has 1 rings (SSSR count). The summed E-state index contributed by atoms with van der Waals surface area (Å²) in [6.45, 7) is 5.23. The molecule has 0 aliphatic heterocycles. The lowest BCUT2D eigenvalue weighted by Gasteiger charge is -2.16. The van der Waals surface area contributed by atoms with Gasteiger partial charge in [0.1, 0.15) is 5.82 Å². The zero-order valence-corrected chi connectivity index (χ0v) is 11.3. The van der Waals surface area contributed by atoms with Crippen LogP contribution in [0.5, 0.6) is 0 Å². The first-order valence-electron chi connectivity index (χ1n) is 6.67. The third kappa shape index (κ3) is 4.35. The van der Waals surface area contributed by atoms with Crippen molar-refractivity contribution in [1.29, 1.82) is 0 Å². The molecule has 3 N–H and O–H groups in total. The zero-order chi connectivity index (χ0) is 13.4. The Morgan fingerprint density at radius 3 is 2.89 bits per heavy atom. The number of nitrogens with two attached hydrogens (primary N) is 1. The number of nitrogens with one attached hydrogen (secondary N) is 1. The van der Waals surface area contributed by atoms with Gasteiger partial charge in [-0.2, -0.15) is 0 Å². The first-order chi connectivity index (χ1) is 8.69. The number of unbranched alkanes of at least 4 members (excludes halogenated alkanes) is 1. The molecule has 4 nitrogen and oxygen atoms in total. The van der Waals surface area contributed by atoms with E-state index in [4.69, 9.17) is 5.73 Å². The van der Waals surface area contributed by atoms with Gasteiger partial charge < -0.3 is 11.1 Å². The van der Waals surface area contributed by atoms with E-state index < -0.39 is 5.91 Å². The lowest BCUT2D eigenvalue weighted by molar-refractivity contribution is 0.100. The molecule has 0 fully saturated rings. The maximum Gasteiger partial charge on any atom is 0.252 e. The monoisotopic (exact) mass is 249 g/mol. The van der Waals surface area contributed by atoms with E-state index in [2.05, 4.69) is 24.1 Å². The normalized spacial score (nSPS) is 12.1. The van der Waals surface area contributed by atoms with E-state index in [1.54, 1.807) is 18.3 Å². The third-order valence-electron chi connectivity index (χ3n) is 3.17. The number of primary amides is 1. The molecule has 1 heterocycles. The van der Waals surface area contributed by atoms with Gasteiger partial charge in [-0.15, -0.1) is 0 Å². The number of hydrogen-bond acceptors (Lipinski definition) is 3. The minimum absolute atomic E-state index is 0.438. The van der Waals surface area contributed by atoms with E-state index >= 15 is 0 Å². The van der Waals surface area contributed by atoms with Gasteiger partial charge in [0.15, 0.2) is 0 Å². The van der Waals surface area contributed by atoms with Crippen LogP contribution in [0, 0.1) is 5.92 Å². The van der Waals surface area contributed by atoms with E-state index in [0.29, 0.717) is 17.3 Å². The van der Waals surface area contributed by atoms with Crippen molar-refractivity contribution in [2.75, 3.05) is 11.9 Å². The fourth-order valence-electron chi connectivity index (χ4n) is 1.93. The second-order valence-corrected chi connectivity index (χ2v) is 4.56. The van der Waals surface area contributed by atoms with Crippen molar-refractivity contribution in [3.8, 4) is 0 Å². The predicted molar refractivity (Wildman–Crippen MR) is 74.6 cm³/mol. The number of anilines is 1. The number of aromatic nitrogens is 1. The fourth-order valence-corrected chi connectivity index (χ4v) is 1.93. The summed E-state index contributed by atoms with van der Waals surface area (Å²) < 4.78 is 0. The van der Waals surface area contributed by atoms with Crippen molar-refractivity contribution in [2.45, 2.75) is 39.5 Å². The molecule has 0 bridgehead atoms. The van der Waals surface area contributed by atoms with Crippen molar-refractivity contribution in [2.24, 2.45) is 11.7 Å². The SMILES string of the molecule is CCCCC(CC)CNc1ncccc1C(N)=O. The summed E-state index contributed by atoms with van der Waals surface area (Å²) in [4.78, 5) is 15.4. The van der Waals surface area contributed by atoms with Crippen LogP contribution in [0.1, 0.15) is 49.9 Å². The molecule has 1 atom stereocenters. The van der Waals surface area contributed by atoms with Crippen molar-refractivity contribution >= 4 is 11.7 Å². The number of pyridine rings is 1. The molecule has 0 spiro atoms. The molecule has 1 unspecified atom stereocenters. The molecule has 1 aromatic rings. The first-order valence-corrected chi connectivity index (χ1v) is 6.67. The molecule has 0 radical (unpaired) electrons. The first kappa shape index (κ1) is 14.5. The largest absolute Gasteiger partial charge is 0.369 e. The second kappa shape index (κ2) is 7.69. The van der Waals surface area contributed by atoms with Crippen LogP contribution < -0.4 is 11.1 Å². The molecule has 0 saturated carbocycles. The predicted octanol–water partition coefficient (Wildman–Crippen LogP) is 2.81. The Kier molecular flexibility index (Phi) is 6.19. The number of carbonyl (C=O) groups is 1. The molecule has 0 aliphatic carbocycles. The van der Waals surface area contributed by atoms with Gasteiger partial charge in [0.05, 0.1) is 5.56 Å². The lowest BCUT2D eigenvalue weighted by Crippen LogP contribution is -2.19. The van der Waals surface area contributed by atoms with Crippen molar-refractivity contribution in [3.63, 3.8) is 0 Å². The number of carbonyl (C=O) groups excluding carboxylic acids is 1. The molecular weight excluding hydrogens is 226 g/mol. The zero-order valence-electron chi connectivity index (χ0n) is 11.3. The summed E-state index contributed by atoms with van der Waals surface area (Å²) >= 11 is 0. The maximum absolute atomic E-state index is 11.3. The van der Waals surface area contributed by atoms with Gasteiger partial charge in [0.2, 0.25) is 0 Å². The molecule has 4 heteroatoms. The van der Waals surface area contributed by atoms with Gasteiger partial charge in [-0.3, -0.25) is 4.79 Å². The highest BCUT2D eigenvalue weighted by molar-refractivity contribution is 5.97. The van der Waals surface area contributed by atoms with E-state index in [1.165, 1.54) is 19.3 Å². The Labute approximate surface area is 109 Å². The highest BCUT2D eigenvalue weighted by Gasteiger charge is 2.10. The fraction of sp³-hybridized carbons (Fsp3) is 0.571. The maximum atomic E-state index is 11.3. The van der Waals surface area contributed by atoms with E-state index in [-0.39, 0.29) is 0 Å². The molecule has 1 amide bonds. The van der Waals surface area contributed by atoms with Gasteiger partial charge in [0, 0.05) is 12.7 Å². The van der Waals surface area contributed by atoms with Crippen LogP contribution in [0.25, 0.3) is 0 Å². The smallest absolute Gasteiger partial charge is 0.252 e. The molecule has 100 valence electrons. The Morgan fingerprint density at radius 2 is 2.28 bits per heavy atom. The Balaban J connectivity index is 2.59. The summed E-state index contributed by atoms with van der Waals surface area (Å²) in [5.41, 5.74) is 5.78. The van der Waals surface area contributed by atoms with Crippen LogP contribution in [0.2, 0.25) is 0 Å². The Bertz CT molecular complexity index is 379. The van der Waals surface area contributed by atoms with E-state index in [1.807, 2.05) is 0 Å². The summed E-state index contributed by atoms with van der Waals surface area (Å²) in [6.07, 6.45) is 6.46. The molecule has 0 saturated heterocycles. The van der Waals surface area contributed by atoms with Crippen molar-refractivity contribution in [3.05, 3.63) is 23.9 Å². The minimum atomic E-state index is -0.438. The summed E-state index contributed by atoms with van der Waals surface area (Å²) in [5, 5.41) is 3.24. The molecule has 18 heavy (non-hydrogen) atoms. The summed E-state index contributed by atoms with van der Waals surface area (Å²) in [6, 6.07) is 3.42. The van der Waals surface area contributed by atoms with Gasteiger partial charge in [0.25, 0.3) is 5.91 Å². The average molecular weight is 249 g/mol. The van der Waals surface area contributed by atoms with Crippen LogP contribution in [-0.4, -0.2) is 17.4 Å². The highest BCUT2D eigenvalue weighted by atomic mass is 16.1. The van der Waals surface area contributed by atoms with E-state index in [9.17, 15) is 4.79 Å². The van der Waals surface area contributed by atoms with Crippen LogP contribution in [-0.2, 0) is 0 Å². The highest BCUT2D eigenvalue weighted by Crippen LogP contribution is 2.15. The van der Waals surface area contributed by atoms with Gasteiger partial charge in [-0.25, -0.2) is 4.98 Å². The quantitative estimate of drug-likeness (QED) is 0.744. The van der Waals surface area contributed by atoms with Gasteiger partial charge in [-0.05, 0) is 24.5 Å². The van der Waals surface area contributed by atoms with E-state index in [0.717, 1.165) is 13.0 Å². The van der Waals surface area contributed by atoms with Gasteiger partial charge in [-0.1, -0.05) is 33.1 Å². The average Bonchev–Trinajstić information content (AvgIpc) is 2.39.